The van der Waals surface area contributed by atoms with Gasteiger partial charge in [0.2, 0.25) is 0 Å². The first-order chi connectivity index (χ1) is 7.88. The Bertz CT molecular complexity index is 364. The molecule has 0 rings (SSSR count). The second kappa shape index (κ2) is 7.63. The van der Waals surface area contributed by atoms with Crippen molar-refractivity contribution in [2.24, 2.45) is 5.73 Å². The minimum absolute atomic E-state index is 0.371. The highest BCUT2D eigenvalue weighted by molar-refractivity contribution is 5.73. The summed E-state index contributed by atoms with van der Waals surface area (Å²) in [7, 11) is 0. The van der Waals surface area contributed by atoms with E-state index in [4.69, 9.17) is 10.8 Å². The molecule has 0 bridgehead atoms. The Kier molecular flexibility index (Phi) is 6.91. The van der Waals surface area contributed by atoms with E-state index >= 15 is 0 Å². The number of carboxylic acids is 1. The number of nitrogens with two attached hydrogens (primary N) is 1. The van der Waals surface area contributed by atoms with E-state index in [2.05, 4.69) is 13.2 Å². The van der Waals surface area contributed by atoms with Crippen LogP contribution in [0.1, 0.15) is 26.7 Å². The summed E-state index contributed by atoms with van der Waals surface area (Å²) < 4.78 is 0. The van der Waals surface area contributed by atoms with Crippen LogP contribution in [0.2, 0.25) is 0 Å². The largest absolute Gasteiger partial charge is 0.480 e. The van der Waals surface area contributed by atoms with Gasteiger partial charge in [-0.3, -0.25) is 4.79 Å². The Labute approximate surface area is 103 Å². The van der Waals surface area contributed by atoms with Gasteiger partial charge in [0.1, 0.15) is 6.04 Å². The molecule has 1 atom stereocenters. The third-order valence-corrected chi connectivity index (χ3v) is 2.45. The molecule has 0 aliphatic carbocycles. The number of hydrogen-bond acceptors (Lipinski definition) is 2. The van der Waals surface area contributed by atoms with Crippen LogP contribution in [0.25, 0.3) is 0 Å². The summed E-state index contributed by atoms with van der Waals surface area (Å²) >= 11 is 0. The van der Waals surface area contributed by atoms with Gasteiger partial charge in [0.05, 0.1) is 0 Å². The molecule has 3 N–H and O–H groups in total. The summed E-state index contributed by atoms with van der Waals surface area (Å²) in [6.07, 6.45) is 6.79. The molecule has 0 radical (unpaired) electrons. The lowest BCUT2D eigenvalue weighted by Gasteiger charge is -2.08. The normalized spacial score (nSPS) is 13.7. The van der Waals surface area contributed by atoms with Crippen LogP contribution in [0.5, 0.6) is 0 Å². The zero-order valence-electron chi connectivity index (χ0n) is 10.6. The van der Waals surface area contributed by atoms with E-state index in [1.165, 1.54) is 0 Å². The smallest absolute Gasteiger partial charge is 0.320 e. The molecule has 0 saturated carbocycles. The fourth-order valence-corrected chi connectivity index (χ4v) is 1.18. The first-order valence-electron chi connectivity index (χ1n) is 5.52. The van der Waals surface area contributed by atoms with Gasteiger partial charge in [-0.15, -0.1) is 0 Å². The number of aliphatic carboxylic acids is 1. The van der Waals surface area contributed by atoms with Gasteiger partial charge >= 0.3 is 5.97 Å². The zero-order chi connectivity index (χ0) is 13.4. The molecule has 1 unspecified atom stereocenters. The topological polar surface area (TPSA) is 63.3 Å². The minimum atomic E-state index is -0.973. The van der Waals surface area contributed by atoms with Crippen LogP contribution in [0, 0.1) is 0 Å². The van der Waals surface area contributed by atoms with Crippen molar-refractivity contribution in [1.29, 1.82) is 0 Å². The molecule has 3 nitrogen and oxygen atoms in total. The van der Waals surface area contributed by atoms with Crippen LogP contribution < -0.4 is 5.73 Å². The van der Waals surface area contributed by atoms with Gasteiger partial charge in [-0.05, 0) is 32.3 Å². The van der Waals surface area contributed by atoms with Crippen molar-refractivity contribution in [3.05, 3.63) is 48.1 Å². The molecule has 17 heavy (non-hydrogen) atoms. The van der Waals surface area contributed by atoms with Gasteiger partial charge < -0.3 is 10.8 Å². The SMILES string of the molecule is C=C(C)C(=C)C=CC/C(=C\C)CC(N)C(=O)O. The molecule has 0 amide bonds. The number of rotatable bonds is 7. The van der Waals surface area contributed by atoms with E-state index in [9.17, 15) is 4.79 Å². The highest BCUT2D eigenvalue weighted by atomic mass is 16.4. The average Bonchev–Trinajstić information content (AvgIpc) is 2.26. The predicted molar refractivity (Wildman–Crippen MR) is 71.7 cm³/mol. The van der Waals surface area contributed by atoms with Crippen LogP contribution in [0.4, 0.5) is 0 Å². The molecule has 0 aromatic rings. The molecule has 0 aliphatic heterocycles. The van der Waals surface area contributed by atoms with Crippen molar-refractivity contribution in [2.45, 2.75) is 32.7 Å². The van der Waals surface area contributed by atoms with Gasteiger partial charge in [-0.2, -0.15) is 0 Å². The summed E-state index contributed by atoms with van der Waals surface area (Å²) in [6.45, 7) is 11.4. The van der Waals surface area contributed by atoms with Gasteiger partial charge in [0.25, 0.3) is 0 Å². The van der Waals surface area contributed by atoms with E-state index in [0.29, 0.717) is 12.8 Å². The maximum atomic E-state index is 10.6. The van der Waals surface area contributed by atoms with Gasteiger partial charge in [-0.1, -0.05) is 42.5 Å². The molecule has 0 fully saturated rings. The van der Waals surface area contributed by atoms with Crippen LogP contribution in [-0.4, -0.2) is 17.1 Å². The van der Waals surface area contributed by atoms with Crippen LogP contribution in [-0.2, 0) is 4.79 Å². The molecule has 0 aliphatic rings. The van der Waals surface area contributed by atoms with Crippen molar-refractivity contribution in [3.63, 3.8) is 0 Å². The average molecular weight is 235 g/mol. The quantitative estimate of drug-likeness (QED) is 0.527. The number of hydrogen-bond donors (Lipinski definition) is 2. The Morgan fingerprint density at radius 1 is 1.47 bits per heavy atom. The molecule has 0 aromatic heterocycles. The van der Waals surface area contributed by atoms with Gasteiger partial charge in [-0.25, -0.2) is 0 Å². The Morgan fingerprint density at radius 3 is 2.47 bits per heavy atom. The summed E-state index contributed by atoms with van der Waals surface area (Å²) in [4.78, 5) is 10.6. The summed E-state index contributed by atoms with van der Waals surface area (Å²) in [5.41, 5.74) is 8.28. The first-order valence-corrected chi connectivity index (χ1v) is 5.52. The van der Waals surface area contributed by atoms with E-state index in [0.717, 1.165) is 16.7 Å². The van der Waals surface area contributed by atoms with Crippen molar-refractivity contribution in [1.82, 2.24) is 0 Å². The fraction of sp³-hybridized carbons (Fsp3) is 0.357. The Morgan fingerprint density at radius 2 is 2.06 bits per heavy atom. The number of carbonyl (C=O) groups is 1. The molecular formula is C14H21NO2. The third kappa shape index (κ3) is 6.53. The zero-order valence-corrected chi connectivity index (χ0v) is 10.6. The van der Waals surface area contributed by atoms with E-state index in [-0.39, 0.29) is 0 Å². The lowest BCUT2D eigenvalue weighted by Crippen LogP contribution is -2.30. The second-order valence-corrected chi connectivity index (χ2v) is 4.01. The summed E-state index contributed by atoms with van der Waals surface area (Å²) in [5, 5.41) is 8.72. The highest BCUT2D eigenvalue weighted by Gasteiger charge is 2.12. The van der Waals surface area contributed by atoms with Crippen molar-refractivity contribution in [3.8, 4) is 0 Å². The standard InChI is InChI=1S/C14H21NO2/c1-5-12(9-13(15)14(16)17)8-6-7-11(4)10(2)3/h5-7,13H,2,4,8-9,15H2,1,3H3,(H,16,17)/b7-6?,12-5+. The van der Waals surface area contributed by atoms with Gasteiger partial charge in [0.15, 0.2) is 0 Å². The Balaban J connectivity index is 4.31. The highest BCUT2D eigenvalue weighted by Crippen LogP contribution is 2.12. The molecule has 0 spiro atoms. The first kappa shape index (κ1) is 15.4. The molecular weight excluding hydrogens is 214 g/mol. The summed E-state index contributed by atoms with van der Waals surface area (Å²) in [6, 6.07) is -0.834. The number of allylic oxidation sites excluding steroid dienone is 5. The molecule has 0 saturated heterocycles. The molecule has 3 heteroatoms. The van der Waals surface area contributed by atoms with E-state index in [1.54, 1.807) is 0 Å². The van der Waals surface area contributed by atoms with Gasteiger partial charge in [0, 0.05) is 0 Å². The van der Waals surface area contributed by atoms with Crippen LogP contribution >= 0.6 is 0 Å². The molecule has 0 aromatic carbocycles. The van der Waals surface area contributed by atoms with Crippen molar-refractivity contribution < 1.29 is 9.90 Å². The minimum Gasteiger partial charge on any atom is -0.480 e. The third-order valence-electron chi connectivity index (χ3n) is 2.45. The van der Waals surface area contributed by atoms with Crippen molar-refractivity contribution in [2.75, 3.05) is 0 Å². The van der Waals surface area contributed by atoms with Crippen molar-refractivity contribution >= 4 is 5.97 Å². The lowest BCUT2D eigenvalue weighted by atomic mass is 10.0. The molecule has 0 heterocycles. The fourth-order valence-electron chi connectivity index (χ4n) is 1.18. The maximum absolute atomic E-state index is 10.6. The second-order valence-electron chi connectivity index (χ2n) is 4.01. The predicted octanol–water partition coefficient (Wildman–Crippen LogP) is 2.81. The monoisotopic (exact) mass is 235 g/mol. The molecule has 94 valence electrons. The van der Waals surface area contributed by atoms with Crippen LogP contribution in [0.15, 0.2) is 48.1 Å². The Hall–Kier alpha value is -1.61. The summed E-state index contributed by atoms with van der Waals surface area (Å²) in [5.74, 6) is -0.973. The van der Waals surface area contributed by atoms with Crippen LogP contribution in [0.3, 0.4) is 0 Å². The lowest BCUT2D eigenvalue weighted by molar-refractivity contribution is -0.138. The maximum Gasteiger partial charge on any atom is 0.320 e. The van der Waals surface area contributed by atoms with E-state index < -0.39 is 12.0 Å². The number of carboxylic acid groups (broad SMARTS) is 1. The van der Waals surface area contributed by atoms with E-state index in [1.807, 2.05) is 32.1 Å².